The predicted molar refractivity (Wildman–Crippen MR) is 80.7 cm³/mol. The molecule has 1 aliphatic rings. The summed E-state index contributed by atoms with van der Waals surface area (Å²) in [6.45, 7) is 9.12. The standard InChI is InChI=1S/C16H23N3O/c1-3-6-18-7-9-19(10-8-18)16-11-14(12-17)4-5-15(16)13(2)20/h4-5,11,13,20H,3,6-10H2,1-2H3/t13-/m1/s1. The van der Waals surface area contributed by atoms with Gasteiger partial charge in [0.1, 0.15) is 0 Å². The molecule has 0 unspecified atom stereocenters. The molecule has 108 valence electrons. The van der Waals surface area contributed by atoms with Gasteiger partial charge in [-0.3, -0.25) is 4.90 Å². The Hall–Kier alpha value is -1.57. The first kappa shape index (κ1) is 14.8. The molecule has 20 heavy (non-hydrogen) atoms. The first-order chi connectivity index (χ1) is 9.65. The molecule has 0 radical (unpaired) electrons. The van der Waals surface area contributed by atoms with Crippen LogP contribution in [-0.2, 0) is 0 Å². The molecule has 0 saturated carbocycles. The third kappa shape index (κ3) is 3.30. The quantitative estimate of drug-likeness (QED) is 0.913. The summed E-state index contributed by atoms with van der Waals surface area (Å²) in [5.41, 5.74) is 2.57. The van der Waals surface area contributed by atoms with Crippen LogP contribution in [-0.4, -0.2) is 42.7 Å². The zero-order valence-corrected chi connectivity index (χ0v) is 12.3. The Morgan fingerprint density at radius 2 is 2.00 bits per heavy atom. The average Bonchev–Trinajstić information content (AvgIpc) is 2.47. The van der Waals surface area contributed by atoms with E-state index in [1.165, 1.54) is 6.42 Å². The van der Waals surface area contributed by atoms with Crippen molar-refractivity contribution in [2.24, 2.45) is 0 Å². The highest BCUT2D eigenvalue weighted by molar-refractivity contribution is 5.58. The largest absolute Gasteiger partial charge is 0.389 e. The van der Waals surface area contributed by atoms with Crippen LogP contribution in [0.2, 0.25) is 0 Å². The molecular formula is C16H23N3O. The fourth-order valence-electron chi connectivity index (χ4n) is 2.77. The summed E-state index contributed by atoms with van der Waals surface area (Å²) >= 11 is 0. The van der Waals surface area contributed by atoms with Crippen molar-refractivity contribution in [3.63, 3.8) is 0 Å². The molecular weight excluding hydrogens is 250 g/mol. The van der Waals surface area contributed by atoms with Gasteiger partial charge in [-0.05, 0) is 32.0 Å². The lowest BCUT2D eigenvalue weighted by Crippen LogP contribution is -2.46. The van der Waals surface area contributed by atoms with Gasteiger partial charge in [-0.15, -0.1) is 0 Å². The van der Waals surface area contributed by atoms with Crippen LogP contribution in [0.3, 0.4) is 0 Å². The number of nitrogens with zero attached hydrogens (tertiary/aromatic N) is 3. The van der Waals surface area contributed by atoms with Crippen LogP contribution in [0.4, 0.5) is 5.69 Å². The summed E-state index contributed by atoms with van der Waals surface area (Å²) in [5.74, 6) is 0. The minimum Gasteiger partial charge on any atom is -0.389 e. The van der Waals surface area contributed by atoms with Crippen molar-refractivity contribution in [3.05, 3.63) is 29.3 Å². The minimum atomic E-state index is -0.508. The summed E-state index contributed by atoms with van der Waals surface area (Å²) in [4.78, 5) is 4.75. The SMILES string of the molecule is CCCN1CCN(c2cc(C#N)ccc2[C@@H](C)O)CC1. The van der Waals surface area contributed by atoms with Crippen molar-refractivity contribution >= 4 is 5.69 Å². The van der Waals surface area contributed by atoms with E-state index in [2.05, 4.69) is 22.8 Å². The Kier molecular flexibility index (Phi) is 4.99. The molecule has 4 heteroatoms. The summed E-state index contributed by atoms with van der Waals surface area (Å²) < 4.78 is 0. The minimum absolute atomic E-state index is 0.508. The van der Waals surface area contributed by atoms with E-state index in [0.29, 0.717) is 5.56 Å². The molecule has 1 atom stereocenters. The molecule has 2 rings (SSSR count). The van der Waals surface area contributed by atoms with Crippen LogP contribution < -0.4 is 4.90 Å². The zero-order chi connectivity index (χ0) is 14.5. The van der Waals surface area contributed by atoms with Crippen LogP contribution in [0, 0.1) is 11.3 Å². The van der Waals surface area contributed by atoms with Gasteiger partial charge in [0.05, 0.1) is 17.7 Å². The lowest BCUT2D eigenvalue weighted by Gasteiger charge is -2.37. The lowest BCUT2D eigenvalue weighted by atomic mass is 10.0. The van der Waals surface area contributed by atoms with Gasteiger partial charge in [-0.2, -0.15) is 5.26 Å². The fraction of sp³-hybridized carbons (Fsp3) is 0.562. The monoisotopic (exact) mass is 273 g/mol. The molecule has 1 N–H and O–H groups in total. The predicted octanol–water partition coefficient (Wildman–Crippen LogP) is 2.14. The Balaban J connectivity index is 2.18. The molecule has 0 bridgehead atoms. The Morgan fingerprint density at radius 1 is 1.30 bits per heavy atom. The van der Waals surface area contributed by atoms with Gasteiger partial charge in [0.15, 0.2) is 0 Å². The molecule has 1 aromatic rings. The maximum atomic E-state index is 9.92. The highest BCUT2D eigenvalue weighted by atomic mass is 16.3. The number of hydrogen-bond donors (Lipinski definition) is 1. The van der Waals surface area contributed by atoms with Gasteiger partial charge in [-0.25, -0.2) is 0 Å². The van der Waals surface area contributed by atoms with Crippen LogP contribution in [0.15, 0.2) is 18.2 Å². The van der Waals surface area contributed by atoms with Gasteiger partial charge < -0.3 is 10.0 Å². The number of hydrogen-bond acceptors (Lipinski definition) is 4. The number of benzene rings is 1. The van der Waals surface area contributed by atoms with Gasteiger partial charge in [0.25, 0.3) is 0 Å². The first-order valence-electron chi connectivity index (χ1n) is 7.35. The molecule has 0 amide bonds. The molecule has 0 aliphatic carbocycles. The van der Waals surface area contributed by atoms with Gasteiger partial charge in [0, 0.05) is 37.4 Å². The molecule has 1 fully saturated rings. The smallest absolute Gasteiger partial charge is 0.0992 e. The Labute approximate surface area is 121 Å². The number of aliphatic hydroxyl groups excluding tert-OH is 1. The summed E-state index contributed by atoms with van der Waals surface area (Å²) in [7, 11) is 0. The average molecular weight is 273 g/mol. The van der Waals surface area contributed by atoms with Crippen LogP contribution >= 0.6 is 0 Å². The highest BCUT2D eigenvalue weighted by Gasteiger charge is 2.20. The molecule has 1 saturated heterocycles. The maximum Gasteiger partial charge on any atom is 0.0992 e. The van der Waals surface area contributed by atoms with Crippen LogP contribution in [0.25, 0.3) is 0 Å². The van der Waals surface area contributed by atoms with Crippen molar-refractivity contribution < 1.29 is 5.11 Å². The van der Waals surface area contributed by atoms with Crippen molar-refractivity contribution in [2.45, 2.75) is 26.4 Å². The molecule has 4 nitrogen and oxygen atoms in total. The number of aliphatic hydroxyl groups is 1. The third-order valence-corrected chi connectivity index (χ3v) is 3.86. The summed E-state index contributed by atoms with van der Waals surface area (Å²) in [5, 5.41) is 19.0. The van der Waals surface area contributed by atoms with Crippen molar-refractivity contribution in [1.82, 2.24) is 4.90 Å². The topological polar surface area (TPSA) is 50.5 Å². The second-order valence-electron chi connectivity index (χ2n) is 5.39. The number of nitriles is 1. The second-order valence-corrected chi connectivity index (χ2v) is 5.39. The summed E-state index contributed by atoms with van der Waals surface area (Å²) in [6, 6.07) is 7.73. The normalized spacial score (nSPS) is 17.8. The van der Waals surface area contributed by atoms with E-state index < -0.39 is 6.10 Å². The highest BCUT2D eigenvalue weighted by Crippen LogP contribution is 2.28. The maximum absolute atomic E-state index is 9.92. The third-order valence-electron chi connectivity index (χ3n) is 3.86. The van der Waals surface area contributed by atoms with E-state index in [9.17, 15) is 5.11 Å². The second kappa shape index (κ2) is 6.74. The van der Waals surface area contributed by atoms with Crippen LogP contribution in [0.1, 0.15) is 37.5 Å². The molecule has 1 aliphatic heterocycles. The lowest BCUT2D eigenvalue weighted by molar-refractivity contribution is 0.199. The van der Waals surface area contributed by atoms with Gasteiger partial charge in [-0.1, -0.05) is 13.0 Å². The van der Waals surface area contributed by atoms with Crippen LogP contribution in [0.5, 0.6) is 0 Å². The molecule has 0 aromatic heterocycles. The van der Waals surface area contributed by atoms with Crippen molar-refractivity contribution in [2.75, 3.05) is 37.6 Å². The Bertz CT molecular complexity index is 485. The van der Waals surface area contributed by atoms with Crippen molar-refractivity contribution in [3.8, 4) is 6.07 Å². The van der Waals surface area contributed by atoms with Crippen molar-refractivity contribution in [1.29, 1.82) is 5.26 Å². The summed E-state index contributed by atoms with van der Waals surface area (Å²) in [6.07, 6.45) is 0.675. The molecule has 1 aromatic carbocycles. The number of anilines is 1. The zero-order valence-electron chi connectivity index (χ0n) is 12.3. The van der Waals surface area contributed by atoms with E-state index in [4.69, 9.17) is 5.26 Å². The molecule has 0 spiro atoms. The number of piperazine rings is 1. The van der Waals surface area contributed by atoms with E-state index in [-0.39, 0.29) is 0 Å². The fourth-order valence-corrected chi connectivity index (χ4v) is 2.77. The first-order valence-corrected chi connectivity index (χ1v) is 7.35. The Morgan fingerprint density at radius 3 is 2.55 bits per heavy atom. The van der Waals surface area contributed by atoms with E-state index in [1.807, 2.05) is 12.1 Å². The number of rotatable bonds is 4. The van der Waals surface area contributed by atoms with E-state index in [1.54, 1.807) is 13.0 Å². The van der Waals surface area contributed by atoms with E-state index >= 15 is 0 Å². The van der Waals surface area contributed by atoms with E-state index in [0.717, 1.165) is 44.0 Å². The van der Waals surface area contributed by atoms with Gasteiger partial charge >= 0.3 is 0 Å². The van der Waals surface area contributed by atoms with Gasteiger partial charge in [0.2, 0.25) is 0 Å². The molecule has 1 heterocycles.